The van der Waals surface area contributed by atoms with E-state index in [1.54, 1.807) is 24.1 Å². The lowest BCUT2D eigenvalue weighted by Gasteiger charge is -2.19. The van der Waals surface area contributed by atoms with Crippen molar-refractivity contribution in [3.05, 3.63) is 53.5 Å². The van der Waals surface area contributed by atoms with Crippen LogP contribution in [0.3, 0.4) is 0 Å². The van der Waals surface area contributed by atoms with Crippen molar-refractivity contribution in [2.75, 3.05) is 11.9 Å². The van der Waals surface area contributed by atoms with Gasteiger partial charge in [0.15, 0.2) is 11.6 Å². The summed E-state index contributed by atoms with van der Waals surface area (Å²) in [5.74, 6) is -1.35. The first-order valence-electron chi connectivity index (χ1n) is 5.52. The number of halogens is 2. The van der Waals surface area contributed by atoms with Crippen LogP contribution in [0.2, 0.25) is 0 Å². The van der Waals surface area contributed by atoms with Gasteiger partial charge in [0.2, 0.25) is 0 Å². The van der Waals surface area contributed by atoms with Crippen molar-refractivity contribution in [2.45, 2.75) is 6.54 Å². The molecule has 0 aliphatic heterocycles. The van der Waals surface area contributed by atoms with Crippen LogP contribution in [-0.2, 0) is 6.54 Å². The third kappa shape index (κ3) is 2.73. The molecule has 0 aliphatic rings. The summed E-state index contributed by atoms with van der Waals surface area (Å²) in [7, 11) is 1.64. The maximum atomic E-state index is 13.9. The average molecular weight is 282 g/mol. The molecule has 3 nitrogen and oxygen atoms in total. The van der Waals surface area contributed by atoms with Gasteiger partial charge < -0.3 is 15.1 Å². The molecule has 1 aromatic carbocycles. The van der Waals surface area contributed by atoms with E-state index >= 15 is 0 Å². The minimum atomic E-state index is -1.03. The molecule has 2 aromatic rings. The summed E-state index contributed by atoms with van der Waals surface area (Å²) in [5, 5.41) is 0. The van der Waals surface area contributed by atoms with E-state index in [2.05, 4.69) is 12.2 Å². The highest BCUT2D eigenvalue weighted by atomic mass is 32.1. The predicted octanol–water partition coefficient (Wildman–Crippen LogP) is 2.83. The number of hydrogen-bond acceptors (Lipinski definition) is 3. The maximum absolute atomic E-state index is 13.9. The molecule has 0 atom stereocenters. The first kappa shape index (κ1) is 13.5. The molecule has 0 spiro atoms. The fourth-order valence-electron chi connectivity index (χ4n) is 1.75. The summed E-state index contributed by atoms with van der Waals surface area (Å²) in [5.41, 5.74) is 5.34. The lowest BCUT2D eigenvalue weighted by Crippen LogP contribution is -2.20. The molecule has 19 heavy (non-hydrogen) atoms. The van der Waals surface area contributed by atoms with Gasteiger partial charge in [-0.05, 0) is 24.3 Å². The molecule has 0 saturated carbocycles. The van der Waals surface area contributed by atoms with Gasteiger partial charge in [0.1, 0.15) is 10.7 Å². The molecule has 0 saturated heterocycles. The second kappa shape index (κ2) is 5.36. The second-order valence-electron chi connectivity index (χ2n) is 4.06. The molecule has 2 N–H and O–H groups in total. The zero-order chi connectivity index (χ0) is 14.0. The first-order valence-corrected chi connectivity index (χ1v) is 5.93. The SMILES string of the molecule is CN(Cc1ccco1)c1ccc(C(N)=S)c(F)c1F. The van der Waals surface area contributed by atoms with Gasteiger partial charge in [0.25, 0.3) is 0 Å². The molecule has 0 fully saturated rings. The van der Waals surface area contributed by atoms with Gasteiger partial charge in [-0.25, -0.2) is 8.78 Å². The number of nitrogens with zero attached hydrogens (tertiary/aromatic N) is 1. The van der Waals surface area contributed by atoms with Gasteiger partial charge >= 0.3 is 0 Å². The topological polar surface area (TPSA) is 42.4 Å². The van der Waals surface area contributed by atoms with Crippen molar-refractivity contribution in [2.24, 2.45) is 5.73 Å². The number of hydrogen-bond donors (Lipinski definition) is 1. The lowest BCUT2D eigenvalue weighted by atomic mass is 10.1. The van der Waals surface area contributed by atoms with E-state index in [-0.39, 0.29) is 16.2 Å². The van der Waals surface area contributed by atoms with Crippen molar-refractivity contribution in [1.82, 2.24) is 0 Å². The molecule has 0 bridgehead atoms. The van der Waals surface area contributed by atoms with Crippen LogP contribution >= 0.6 is 12.2 Å². The molecule has 100 valence electrons. The molecule has 0 radical (unpaired) electrons. The van der Waals surface area contributed by atoms with Gasteiger partial charge in [-0.2, -0.15) is 0 Å². The Balaban J connectivity index is 2.30. The Hall–Kier alpha value is -1.95. The van der Waals surface area contributed by atoms with Crippen molar-refractivity contribution in [1.29, 1.82) is 0 Å². The van der Waals surface area contributed by atoms with Gasteiger partial charge in [0, 0.05) is 12.6 Å². The van der Waals surface area contributed by atoms with Crippen LogP contribution in [0.1, 0.15) is 11.3 Å². The van der Waals surface area contributed by atoms with Crippen LogP contribution in [-0.4, -0.2) is 12.0 Å². The fraction of sp³-hybridized carbons (Fsp3) is 0.154. The molecule has 1 heterocycles. The number of benzene rings is 1. The van der Waals surface area contributed by atoms with Crippen LogP contribution in [0.15, 0.2) is 34.9 Å². The highest BCUT2D eigenvalue weighted by Crippen LogP contribution is 2.24. The Morgan fingerprint density at radius 2 is 2.05 bits per heavy atom. The van der Waals surface area contributed by atoms with Crippen molar-refractivity contribution >= 4 is 22.9 Å². The fourth-order valence-corrected chi connectivity index (χ4v) is 1.90. The molecule has 0 unspecified atom stereocenters. The summed E-state index contributed by atoms with van der Waals surface area (Å²) in [6.45, 7) is 0.329. The van der Waals surface area contributed by atoms with Crippen molar-refractivity contribution < 1.29 is 13.2 Å². The quantitative estimate of drug-likeness (QED) is 0.876. The Morgan fingerprint density at radius 3 is 2.63 bits per heavy atom. The van der Waals surface area contributed by atoms with Gasteiger partial charge in [-0.1, -0.05) is 12.2 Å². The smallest absolute Gasteiger partial charge is 0.182 e. The number of thiocarbonyl (C=S) groups is 1. The number of nitrogens with two attached hydrogens (primary N) is 1. The van der Waals surface area contributed by atoms with E-state index in [1.165, 1.54) is 18.4 Å². The summed E-state index contributed by atoms with van der Waals surface area (Å²) in [4.78, 5) is 1.37. The number of furan rings is 1. The van der Waals surface area contributed by atoms with E-state index in [1.807, 2.05) is 0 Å². The van der Waals surface area contributed by atoms with Gasteiger partial charge in [-0.3, -0.25) is 0 Å². The van der Waals surface area contributed by atoms with Crippen molar-refractivity contribution in [3.63, 3.8) is 0 Å². The molecule has 0 aliphatic carbocycles. The molecule has 2 rings (SSSR count). The predicted molar refractivity (Wildman–Crippen MR) is 73.1 cm³/mol. The first-order chi connectivity index (χ1) is 9.00. The monoisotopic (exact) mass is 282 g/mol. The highest BCUT2D eigenvalue weighted by Gasteiger charge is 2.17. The van der Waals surface area contributed by atoms with E-state index in [0.29, 0.717) is 12.3 Å². The summed E-state index contributed by atoms with van der Waals surface area (Å²) < 4.78 is 32.9. The summed E-state index contributed by atoms with van der Waals surface area (Å²) in [6.07, 6.45) is 1.52. The van der Waals surface area contributed by atoms with Crippen LogP contribution < -0.4 is 10.6 Å². The van der Waals surface area contributed by atoms with Crippen LogP contribution in [0.5, 0.6) is 0 Å². The third-order valence-electron chi connectivity index (χ3n) is 2.71. The Kier molecular flexibility index (Phi) is 3.80. The standard InChI is InChI=1S/C13H12F2N2OS/c1-17(7-8-3-2-6-18-8)10-5-4-9(13(16)19)11(14)12(10)15/h2-6H,7H2,1H3,(H2,16,19). The van der Waals surface area contributed by atoms with Gasteiger partial charge in [-0.15, -0.1) is 0 Å². The zero-order valence-electron chi connectivity index (χ0n) is 10.2. The largest absolute Gasteiger partial charge is 0.467 e. The highest BCUT2D eigenvalue weighted by molar-refractivity contribution is 7.80. The van der Waals surface area contributed by atoms with Crippen LogP contribution in [0, 0.1) is 11.6 Å². The maximum Gasteiger partial charge on any atom is 0.182 e. The van der Waals surface area contributed by atoms with Gasteiger partial charge in [0.05, 0.1) is 18.5 Å². The Labute approximate surface area is 114 Å². The minimum absolute atomic E-state index is 0.0948. The normalized spacial score (nSPS) is 10.5. The summed E-state index contributed by atoms with van der Waals surface area (Å²) >= 11 is 4.65. The average Bonchev–Trinajstić information content (AvgIpc) is 2.84. The van der Waals surface area contributed by atoms with E-state index in [4.69, 9.17) is 10.2 Å². The minimum Gasteiger partial charge on any atom is -0.467 e. The number of anilines is 1. The molecular formula is C13H12F2N2OS. The molecule has 6 heteroatoms. The van der Waals surface area contributed by atoms with Crippen LogP contribution in [0.25, 0.3) is 0 Å². The molecular weight excluding hydrogens is 270 g/mol. The Morgan fingerprint density at radius 1 is 1.32 bits per heavy atom. The van der Waals surface area contributed by atoms with E-state index in [9.17, 15) is 8.78 Å². The van der Waals surface area contributed by atoms with E-state index in [0.717, 1.165) is 0 Å². The Bertz CT molecular complexity index is 599. The third-order valence-corrected chi connectivity index (χ3v) is 2.93. The second-order valence-corrected chi connectivity index (χ2v) is 4.50. The van der Waals surface area contributed by atoms with E-state index < -0.39 is 11.6 Å². The van der Waals surface area contributed by atoms with Crippen LogP contribution in [0.4, 0.5) is 14.5 Å². The number of rotatable bonds is 4. The molecule has 1 aromatic heterocycles. The lowest BCUT2D eigenvalue weighted by molar-refractivity contribution is 0.493. The van der Waals surface area contributed by atoms with Crippen molar-refractivity contribution in [3.8, 4) is 0 Å². The summed E-state index contributed by atoms with van der Waals surface area (Å²) in [6, 6.07) is 6.30. The molecule has 0 amide bonds. The zero-order valence-corrected chi connectivity index (χ0v) is 11.0.